The summed E-state index contributed by atoms with van der Waals surface area (Å²) in [5, 5.41) is 0. The van der Waals surface area contributed by atoms with Crippen LogP contribution in [-0.4, -0.2) is 16.1 Å². The first-order valence-electron chi connectivity index (χ1n) is 6.79. The molecule has 0 amide bonds. The standard InChI is InChI=1S/C14H23N3O/c1-9-4-5-13(6-10(9)2)18-14-16-8-12(7-15)11(3)17-14/h8-10,13H,4-7,15H2,1-3H3. The van der Waals surface area contributed by atoms with Gasteiger partial charge in [-0.25, -0.2) is 9.97 Å². The van der Waals surface area contributed by atoms with Crippen molar-refractivity contribution >= 4 is 0 Å². The molecule has 3 atom stereocenters. The lowest BCUT2D eigenvalue weighted by Crippen LogP contribution is -2.29. The zero-order chi connectivity index (χ0) is 13.1. The van der Waals surface area contributed by atoms with Gasteiger partial charge in [0, 0.05) is 24.0 Å². The second kappa shape index (κ2) is 5.65. The molecule has 2 N–H and O–H groups in total. The molecule has 1 heterocycles. The second-order valence-corrected chi connectivity index (χ2v) is 5.47. The van der Waals surface area contributed by atoms with Crippen molar-refractivity contribution in [1.82, 2.24) is 9.97 Å². The number of aryl methyl sites for hydroxylation is 1. The molecule has 3 unspecified atom stereocenters. The van der Waals surface area contributed by atoms with Crippen LogP contribution in [0.3, 0.4) is 0 Å². The van der Waals surface area contributed by atoms with Crippen LogP contribution < -0.4 is 10.5 Å². The average molecular weight is 249 g/mol. The summed E-state index contributed by atoms with van der Waals surface area (Å²) in [6.07, 6.45) is 5.46. The van der Waals surface area contributed by atoms with Gasteiger partial charge >= 0.3 is 6.01 Å². The molecule has 0 saturated heterocycles. The molecule has 100 valence electrons. The Kier molecular flexibility index (Phi) is 4.17. The second-order valence-electron chi connectivity index (χ2n) is 5.47. The van der Waals surface area contributed by atoms with Crippen molar-refractivity contribution in [3.8, 4) is 6.01 Å². The van der Waals surface area contributed by atoms with Crippen LogP contribution in [0.1, 0.15) is 44.4 Å². The van der Waals surface area contributed by atoms with Gasteiger partial charge in [-0.3, -0.25) is 0 Å². The molecule has 18 heavy (non-hydrogen) atoms. The highest BCUT2D eigenvalue weighted by molar-refractivity contribution is 5.17. The first-order valence-corrected chi connectivity index (χ1v) is 6.79. The highest BCUT2D eigenvalue weighted by Crippen LogP contribution is 2.31. The molecule has 2 rings (SSSR count). The van der Waals surface area contributed by atoms with E-state index in [0.717, 1.165) is 30.0 Å². The summed E-state index contributed by atoms with van der Waals surface area (Å²) in [7, 11) is 0. The van der Waals surface area contributed by atoms with Gasteiger partial charge in [0.25, 0.3) is 0 Å². The van der Waals surface area contributed by atoms with E-state index in [1.807, 2.05) is 6.92 Å². The van der Waals surface area contributed by atoms with Crippen LogP contribution in [0.15, 0.2) is 6.20 Å². The summed E-state index contributed by atoms with van der Waals surface area (Å²) in [6, 6.07) is 0.497. The molecule has 1 aromatic rings. The Balaban J connectivity index is 1.99. The van der Waals surface area contributed by atoms with Crippen molar-refractivity contribution in [1.29, 1.82) is 0 Å². The van der Waals surface area contributed by atoms with Crippen LogP contribution in [0.25, 0.3) is 0 Å². The lowest BCUT2D eigenvalue weighted by Gasteiger charge is -2.31. The van der Waals surface area contributed by atoms with E-state index in [1.54, 1.807) is 6.20 Å². The normalized spacial score (nSPS) is 28.1. The SMILES string of the molecule is Cc1nc(OC2CCC(C)C(C)C2)ncc1CN. The largest absolute Gasteiger partial charge is 0.460 e. The van der Waals surface area contributed by atoms with Crippen LogP contribution in [0, 0.1) is 18.8 Å². The molecule has 0 bridgehead atoms. The quantitative estimate of drug-likeness (QED) is 0.893. The fourth-order valence-electron chi connectivity index (χ4n) is 2.48. The maximum absolute atomic E-state index is 5.89. The van der Waals surface area contributed by atoms with E-state index < -0.39 is 0 Å². The van der Waals surface area contributed by atoms with E-state index in [2.05, 4.69) is 23.8 Å². The van der Waals surface area contributed by atoms with E-state index in [1.165, 1.54) is 6.42 Å². The third-order valence-corrected chi connectivity index (χ3v) is 4.10. The Morgan fingerprint density at radius 2 is 2.11 bits per heavy atom. The number of hydrogen-bond donors (Lipinski definition) is 1. The zero-order valence-electron chi connectivity index (χ0n) is 11.5. The third-order valence-electron chi connectivity index (χ3n) is 4.10. The highest BCUT2D eigenvalue weighted by atomic mass is 16.5. The molecule has 1 aliphatic carbocycles. The molecule has 1 aromatic heterocycles. The van der Waals surface area contributed by atoms with Crippen LogP contribution in [-0.2, 0) is 6.54 Å². The average Bonchev–Trinajstić information content (AvgIpc) is 2.34. The van der Waals surface area contributed by atoms with Gasteiger partial charge in [-0.05, 0) is 38.0 Å². The zero-order valence-corrected chi connectivity index (χ0v) is 11.5. The summed E-state index contributed by atoms with van der Waals surface area (Å²) in [5.41, 5.74) is 7.49. The third kappa shape index (κ3) is 2.99. The van der Waals surface area contributed by atoms with Gasteiger partial charge < -0.3 is 10.5 Å². The van der Waals surface area contributed by atoms with Gasteiger partial charge in [0.15, 0.2) is 0 Å². The molecule has 4 nitrogen and oxygen atoms in total. The molecule has 4 heteroatoms. The van der Waals surface area contributed by atoms with Crippen molar-refractivity contribution in [3.05, 3.63) is 17.5 Å². The van der Waals surface area contributed by atoms with E-state index in [9.17, 15) is 0 Å². The van der Waals surface area contributed by atoms with E-state index in [4.69, 9.17) is 10.5 Å². The number of rotatable bonds is 3. The Hall–Kier alpha value is -1.16. The number of nitrogens with two attached hydrogens (primary N) is 1. The highest BCUT2D eigenvalue weighted by Gasteiger charge is 2.26. The first-order chi connectivity index (χ1) is 8.60. The van der Waals surface area contributed by atoms with Gasteiger partial charge in [-0.1, -0.05) is 13.8 Å². The van der Waals surface area contributed by atoms with Crippen LogP contribution in [0.2, 0.25) is 0 Å². The van der Waals surface area contributed by atoms with Crippen molar-refractivity contribution in [2.75, 3.05) is 0 Å². The lowest BCUT2D eigenvalue weighted by molar-refractivity contribution is 0.0917. The molecule has 0 radical (unpaired) electrons. The predicted molar refractivity (Wildman–Crippen MR) is 71.3 cm³/mol. The summed E-state index contributed by atoms with van der Waals surface area (Å²) in [5.74, 6) is 1.51. The lowest BCUT2D eigenvalue weighted by atomic mass is 9.80. The summed E-state index contributed by atoms with van der Waals surface area (Å²) in [4.78, 5) is 8.60. The topological polar surface area (TPSA) is 61.0 Å². The summed E-state index contributed by atoms with van der Waals surface area (Å²) in [6.45, 7) is 7.04. The number of aromatic nitrogens is 2. The Bertz CT molecular complexity index is 408. The molecule has 1 aliphatic rings. The van der Waals surface area contributed by atoms with Gasteiger partial charge in [0.05, 0.1) is 0 Å². The maximum Gasteiger partial charge on any atom is 0.316 e. The first kappa shape index (κ1) is 13.3. The molecule has 0 spiro atoms. The number of hydrogen-bond acceptors (Lipinski definition) is 4. The Morgan fingerprint density at radius 3 is 2.72 bits per heavy atom. The van der Waals surface area contributed by atoms with Crippen molar-refractivity contribution in [2.24, 2.45) is 17.6 Å². The van der Waals surface area contributed by atoms with Gasteiger partial charge in [-0.15, -0.1) is 0 Å². The fraction of sp³-hybridized carbons (Fsp3) is 0.714. The minimum absolute atomic E-state index is 0.263. The van der Waals surface area contributed by atoms with E-state index in [0.29, 0.717) is 18.5 Å². The summed E-state index contributed by atoms with van der Waals surface area (Å²) >= 11 is 0. The fourth-order valence-corrected chi connectivity index (χ4v) is 2.48. The van der Waals surface area contributed by atoms with Gasteiger partial charge in [0.2, 0.25) is 0 Å². The van der Waals surface area contributed by atoms with Crippen molar-refractivity contribution < 1.29 is 4.74 Å². The van der Waals surface area contributed by atoms with Gasteiger partial charge in [-0.2, -0.15) is 0 Å². The van der Waals surface area contributed by atoms with Gasteiger partial charge in [0.1, 0.15) is 6.10 Å². The molecule has 1 fully saturated rings. The van der Waals surface area contributed by atoms with E-state index >= 15 is 0 Å². The van der Waals surface area contributed by atoms with Crippen LogP contribution in [0.4, 0.5) is 0 Å². The Morgan fingerprint density at radius 1 is 1.33 bits per heavy atom. The Labute approximate surface area is 109 Å². The smallest absolute Gasteiger partial charge is 0.316 e. The monoisotopic (exact) mass is 249 g/mol. The minimum Gasteiger partial charge on any atom is -0.460 e. The molecule has 0 aliphatic heterocycles. The maximum atomic E-state index is 5.89. The summed E-state index contributed by atoms with van der Waals surface area (Å²) < 4.78 is 5.89. The molecular formula is C14H23N3O. The predicted octanol–water partition coefficient (Wildman–Crippen LogP) is 2.45. The number of ether oxygens (including phenoxy) is 1. The van der Waals surface area contributed by atoms with Crippen LogP contribution >= 0.6 is 0 Å². The van der Waals surface area contributed by atoms with Crippen molar-refractivity contribution in [3.63, 3.8) is 0 Å². The van der Waals surface area contributed by atoms with Crippen molar-refractivity contribution in [2.45, 2.75) is 52.7 Å². The molecular weight excluding hydrogens is 226 g/mol. The molecule has 1 saturated carbocycles. The van der Waals surface area contributed by atoms with Crippen LogP contribution in [0.5, 0.6) is 6.01 Å². The number of nitrogens with zero attached hydrogens (tertiary/aromatic N) is 2. The van der Waals surface area contributed by atoms with E-state index in [-0.39, 0.29) is 6.10 Å². The minimum atomic E-state index is 0.263. The molecule has 0 aromatic carbocycles.